The Morgan fingerprint density at radius 3 is 2.54 bits per heavy atom. The summed E-state index contributed by atoms with van der Waals surface area (Å²) in [4.78, 5) is 2.55. The van der Waals surface area contributed by atoms with Crippen molar-refractivity contribution in [1.29, 1.82) is 0 Å². The van der Waals surface area contributed by atoms with E-state index in [0.29, 0.717) is 23.3 Å². The van der Waals surface area contributed by atoms with Gasteiger partial charge in [-0.05, 0) is 69.5 Å². The molecule has 0 radical (unpaired) electrons. The van der Waals surface area contributed by atoms with Crippen LogP contribution in [0.4, 0.5) is 10.2 Å². The monoisotopic (exact) mass is 326 g/mol. The topological polar surface area (TPSA) is 41.0 Å². The second kappa shape index (κ2) is 6.13. The number of aromatic nitrogens is 2. The molecule has 0 aliphatic carbocycles. The number of nitrogens with zero attached hydrogens (tertiary/aromatic N) is 3. The van der Waals surface area contributed by atoms with Gasteiger partial charge in [0.2, 0.25) is 0 Å². The van der Waals surface area contributed by atoms with Gasteiger partial charge in [-0.1, -0.05) is 12.1 Å². The van der Waals surface area contributed by atoms with Crippen LogP contribution in [0.25, 0.3) is 11.3 Å². The van der Waals surface area contributed by atoms with Crippen LogP contribution < -0.4 is 5.32 Å². The van der Waals surface area contributed by atoms with E-state index < -0.39 is 0 Å². The summed E-state index contributed by atoms with van der Waals surface area (Å²) in [5.41, 5.74) is 2.09. The Hall–Kier alpha value is -2.01. The highest BCUT2D eigenvalue weighted by Gasteiger charge is 2.39. The zero-order valence-electron chi connectivity index (χ0n) is 14.2. The first-order chi connectivity index (χ1) is 11.6. The van der Waals surface area contributed by atoms with Crippen LogP contribution in [0.5, 0.6) is 0 Å². The lowest BCUT2D eigenvalue weighted by Crippen LogP contribution is -2.59. The second-order valence-corrected chi connectivity index (χ2v) is 7.05. The normalized spacial score (nSPS) is 28.8. The summed E-state index contributed by atoms with van der Waals surface area (Å²) in [5.74, 6) is 1.31. The molecule has 3 saturated heterocycles. The van der Waals surface area contributed by atoms with Crippen LogP contribution in [-0.2, 0) is 0 Å². The van der Waals surface area contributed by atoms with E-state index in [1.54, 1.807) is 13.0 Å². The summed E-state index contributed by atoms with van der Waals surface area (Å²) in [6, 6.07) is 9.99. The van der Waals surface area contributed by atoms with Crippen LogP contribution in [0.3, 0.4) is 0 Å². The summed E-state index contributed by atoms with van der Waals surface area (Å²) in [6.45, 7) is 6.48. The van der Waals surface area contributed by atoms with Gasteiger partial charge in [-0.3, -0.25) is 4.90 Å². The predicted octanol–water partition coefficient (Wildman–Crippen LogP) is 3.49. The van der Waals surface area contributed by atoms with Crippen molar-refractivity contribution in [1.82, 2.24) is 15.1 Å². The van der Waals surface area contributed by atoms with Gasteiger partial charge < -0.3 is 5.32 Å². The Labute approximate surface area is 142 Å². The summed E-state index contributed by atoms with van der Waals surface area (Å²) >= 11 is 0. The van der Waals surface area contributed by atoms with Crippen LogP contribution in [0.1, 0.15) is 25.3 Å². The van der Waals surface area contributed by atoms with Crippen LogP contribution in [0.2, 0.25) is 0 Å². The molecule has 5 rings (SSSR count). The Morgan fingerprint density at radius 1 is 1.12 bits per heavy atom. The van der Waals surface area contributed by atoms with Crippen molar-refractivity contribution in [2.24, 2.45) is 5.92 Å². The maximum atomic E-state index is 13.7. The first kappa shape index (κ1) is 15.5. The molecule has 5 heteroatoms. The van der Waals surface area contributed by atoms with E-state index in [0.717, 1.165) is 17.3 Å². The van der Waals surface area contributed by atoms with Gasteiger partial charge >= 0.3 is 0 Å². The molecule has 3 aliphatic heterocycles. The Bertz CT molecular complexity index is 721. The van der Waals surface area contributed by atoms with Crippen LogP contribution in [-0.4, -0.2) is 40.3 Å². The number of anilines is 1. The highest BCUT2D eigenvalue weighted by molar-refractivity contribution is 5.60. The van der Waals surface area contributed by atoms with Crippen molar-refractivity contribution in [3.05, 3.63) is 41.7 Å². The largest absolute Gasteiger partial charge is 0.364 e. The minimum atomic E-state index is -0.211. The average molecular weight is 326 g/mol. The number of hydrogen-bond donors (Lipinski definition) is 1. The molecule has 1 aromatic heterocycles. The molecule has 24 heavy (non-hydrogen) atoms. The molecule has 4 nitrogen and oxygen atoms in total. The highest BCUT2D eigenvalue weighted by Crippen LogP contribution is 2.33. The van der Waals surface area contributed by atoms with E-state index in [9.17, 15) is 4.39 Å². The van der Waals surface area contributed by atoms with E-state index in [2.05, 4.69) is 27.3 Å². The van der Waals surface area contributed by atoms with Crippen LogP contribution >= 0.6 is 0 Å². The third kappa shape index (κ3) is 2.77. The Kier molecular flexibility index (Phi) is 3.96. The highest BCUT2D eigenvalue weighted by atomic mass is 19.1. The number of rotatable bonds is 3. The third-order valence-electron chi connectivity index (χ3n) is 5.62. The quantitative estimate of drug-likeness (QED) is 0.937. The average Bonchev–Trinajstić information content (AvgIpc) is 2.61. The summed E-state index contributed by atoms with van der Waals surface area (Å²) in [7, 11) is 0. The minimum Gasteiger partial charge on any atom is -0.364 e. The fourth-order valence-electron chi connectivity index (χ4n) is 4.03. The lowest BCUT2D eigenvalue weighted by molar-refractivity contribution is 0.0457. The molecular formula is C19H23FN4. The maximum Gasteiger partial charge on any atom is 0.148 e. The van der Waals surface area contributed by atoms with Crippen molar-refractivity contribution in [2.75, 3.05) is 18.4 Å². The Balaban J connectivity index is 1.50. The molecule has 2 aromatic rings. The van der Waals surface area contributed by atoms with Gasteiger partial charge in [0.1, 0.15) is 11.6 Å². The van der Waals surface area contributed by atoms with Gasteiger partial charge in [-0.25, -0.2) is 4.39 Å². The van der Waals surface area contributed by atoms with Crippen LogP contribution in [0.15, 0.2) is 30.3 Å². The van der Waals surface area contributed by atoms with Gasteiger partial charge in [-0.2, -0.15) is 0 Å². The van der Waals surface area contributed by atoms with Gasteiger partial charge in [0.15, 0.2) is 0 Å². The number of aryl methyl sites for hydroxylation is 1. The number of fused-ring (bicyclic) bond motifs is 3. The summed E-state index contributed by atoms with van der Waals surface area (Å²) in [6.07, 6.45) is 2.52. The standard InChI is InChI=1S/C19H23FN4/c1-12-3-4-15(11-16(12)20)17-5-6-18(23-22-17)21-19-13(2)24-9-7-14(19)8-10-24/h3-6,11,13-14,19H,7-10H2,1-2H3,(H,21,23). The molecule has 0 spiro atoms. The van der Waals surface area contributed by atoms with Gasteiger partial charge in [0, 0.05) is 17.6 Å². The third-order valence-corrected chi connectivity index (χ3v) is 5.62. The second-order valence-electron chi connectivity index (χ2n) is 7.05. The first-order valence-corrected chi connectivity index (χ1v) is 8.72. The van der Waals surface area contributed by atoms with E-state index in [-0.39, 0.29) is 5.82 Å². The minimum absolute atomic E-state index is 0.211. The molecule has 126 valence electrons. The first-order valence-electron chi connectivity index (χ1n) is 8.72. The van der Waals surface area contributed by atoms with Gasteiger partial charge in [0.05, 0.1) is 5.69 Å². The fraction of sp³-hybridized carbons (Fsp3) is 0.474. The molecule has 1 N–H and O–H groups in total. The van der Waals surface area contributed by atoms with E-state index in [4.69, 9.17) is 0 Å². The maximum absolute atomic E-state index is 13.7. The fourth-order valence-corrected chi connectivity index (χ4v) is 4.03. The molecule has 2 bridgehead atoms. The van der Waals surface area contributed by atoms with Crippen molar-refractivity contribution in [3.8, 4) is 11.3 Å². The zero-order valence-corrected chi connectivity index (χ0v) is 14.2. The molecule has 2 atom stereocenters. The molecule has 3 aliphatic rings. The van der Waals surface area contributed by atoms with Crippen molar-refractivity contribution >= 4 is 5.82 Å². The molecule has 4 heterocycles. The number of benzene rings is 1. The Morgan fingerprint density at radius 2 is 1.92 bits per heavy atom. The number of nitrogens with one attached hydrogen (secondary N) is 1. The van der Waals surface area contributed by atoms with E-state index in [1.807, 2.05) is 18.2 Å². The van der Waals surface area contributed by atoms with Crippen molar-refractivity contribution in [2.45, 2.75) is 38.8 Å². The zero-order chi connectivity index (χ0) is 16.7. The number of hydrogen-bond acceptors (Lipinski definition) is 4. The van der Waals surface area contributed by atoms with E-state index >= 15 is 0 Å². The summed E-state index contributed by atoms with van der Waals surface area (Å²) in [5, 5.41) is 12.2. The molecule has 2 unspecified atom stereocenters. The van der Waals surface area contributed by atoms with Crippen molar-refractivity contribution < 1.29 is 4.39 Å². The molecule has 0 saturated carbocycles. The predicted molar refractivity (Wildman–Crippen MR) is 93.3 cm³/mol. The number of halogens is 1. The number of piperidine rings is 3. The van der Waals surface area contributed by atoms with E-state index in [1.165, 1.54) is 32.0 Å². The smallest absolute Gasteiger partial charge is 0.148 e. The summed E-state index contributed by atoms with van der Waals surface area (Å²) < 4.78 is 13.7. The van der Waals surface area contributed by atoms with Crippen LogP contribution in [0, 0.1) is 18.7 Å². The van der Waals surface area contributed by atoms with Crippen molar-refractivity contribution in [3.63, 3.8) is 0 Å². The van der Waals surface area contributed by atoms with Gasteiger partial charge in [0.25, 0.3) is 0 Å². The molecule has 0 amide bonds. The molecule has 3 fully saturated rings. The van der Waals surface area contributed by atoms with Gasteiger partial charge in [-0.15, -0.1) is 10.2 Å². The molecular weight excluding hydrogens is 303 g/mol. The molecule has 1 aromatic carbocycles. The lowest BCUT2D eigenvalue weighted by atomic mass is 9.79. The SMILES string of the molecule is Cc1ccc(-c2ccc(NC3C4CCN(CC4)C3C)nn2)cc1F. The lowest BCUT2D eigenvalue weighted by Gasteiger charge is -2.50.